The quantitative estimate of drug-likeness (QED) is 0.627. The Labute approximate surface area is 145 Å². The number of carbonyl (C=O) groups is 2. The fraction of sp³-hybridized carbons (Fsp3) is 0.105. The summed E-state index contributed by atoms with van der Waals surface area (Å²) in [5.74, 6) is -1.80. The lowest BCUT2D eigenvalue weighted by molar-refractivity contribution is -0.120. The van der Waals surface area contributed by atoms with Crippen molar-refractivity contribution in [3.05, 3.63) is 77.6 Å². The molecule has 0 aliphatic heterocycles. The Hall–Kier alpha value is -3.28. The molecule has 0 saturated carbocycles. The average molecular weight is 339 g/mol. The van der Waals surface area contributed by atoms with Gasteiger partial charge in [0, 0.05) is 0 Å². The van der Waals surface area contributed by atoms with Gasteiger partial charge in [-0.05, 0) is 30.7 Å². The monoisotopic (exact) mass is 339 g/mol. The minimum Gasteiger partial charge on any atom is -0.343 e. The molecule has 5 nitrogen and oxygen atoms in total. The largest absolute Gasteiger partial charge is 0.343 e. The summed E-state index contributed by atoms with van der Waals surface area (Å²) in [6, 6.07) is 15.2. The SMILES string of the molecule is CC(/C=C/c1ccccc1)=N\NC(=O)CNC(=O)c1ccccc1F. The van der Waals surface area contributed by atoms with E-state index in [2.05, 4.69) is 15.8 Å². The van der Waals surface area contributed by atoms with Crippen LogP contribution < -0.4 is 10.7 Å². The van der Waals surface area contributed by atoms with Gasteiger partial charge in [0.25, 0.3) is 11.8 Å². The third-order valence-corrected chi connectivity index (χ3v) is 3.20. The van der Waals surface area contributed by atoms with E-state index in [0.717, 1.165) is 5.56 Å². The van der Waals surface area contributed by atoms with Crippen LogP contribution in [0.15, 0.2) is 65.8 Å². The zero-order chi connectivity index (χ0) is 18.1. The van der Waals surface area contributed by atoms with E-state index in [1.807, 2.05) is 36.4 Å². The van der Waals surface area contributed by atoms with Crippen molar-refractivity contribution < 1.29 is 14.0 Å². The predicted octanol–water partition coefficient (Wildman–Crippen LogP) is 2.76. The molecule has 0 aliphatic carbocycles. The third kappa shape index (κ3) is 6.02. The molecule has 0 saturated heterocycles. The normalized spacial score (nSPS) is 11.4. The first kappa shape index (κ1) is 18.1. The maximum atomic E-state index is 13.5. The molecule has 2 N–H and O–H groups in total. The van der Waals surface area contributed by atoms with E-state index in [1.165, 1.54) is 18.2 Å². The van der Waals surface area contributed by atoms with E-state index in [9.17, 15) is 14.0 Å². The molecular weight excluding hydrogens is 321 g/mol. The summed E-state index contributed by atoms with van der Waals surface area (Å²) in [6.07, 6.45) is 3.62. The van der Waals surface area contributed by atoms with Gasteiger partial charge in [-0.1, -0.05) is 48.5 Å². The van der Waals surface area contributed by atoms with Crippen LogP contribution in [0, 0.1) is 5.82 Å². The molecule has 0 fully saturated rings. The highest BCUT2D eigenvalue weighted by Gasteiger charge is 2.11. The Morgan fingerprint density at radius 2 is 1.76 bits per heavy atom. The number of carbonyl (C=O) groups excluding carboxylic acids is 2. The van der Waals surface area contributed by atoms with Crippen molar-refractivity contribution in [1.29, 1.82) is 0 Å². The van der Waals surface area contributed by atoms with Gasteiger partial charge in [-0.3, -0.25) is 9.59 Å². The summed E-state index contributed by atoms with van der Waals surface area (Å²) in [6.45, 7) is 1.43. The number of nitrogens with zero attached hydrogens (tertiary/aromatic N) is 1. The van der Waals surface area contributed by atoms with E-state index in [0.29, 0.717) is 5.71 Å². The van der Waals surface area contributed by atoms with Crippen LogP contribution >= 0.6 is 0 Å². The zero-order valence-corrected chi connectivity index (χ0v) is 13.7. The lowest BCUT2D eigenvalue weighted by Gasteiger charge is -2.05. The third-order valence-electron chi connectivity index (χ3n) is 3.20. The highest BCUT2D eigenvalue weighted by molar-refractivity contribution is 5.98. The van der Waals surface area contributed by atoms with Crippen LogP contribution in [0.2, 0.25) is 0 Å². The van der Waals surface area contributed by atoms with E-state index < -0.39 is 17.6 Å². The standard InChI is InChI=1S/C19H18FN3O2/c1-14(11-12-15-7-3-2-4-8-15)22-23-18(24)13-21-19(25)16-9-5-6-10-17(16)20/h2-12H,13H2,1H3,(H,21,25)(H,23,24)/b12-11+,22-14+. The average Bonchev–Trinajstić information content (AvgIpc) is 2.64. The van der Waals surface area contributed by atoms with Crippen molar-refractivity contribution >= 4 is 23.6 Å². The lowest BCUT2D eigenvalue weighted by atomic mass is 10.2. The van der Waals surface area contributed by atoms with Crippen molar-refractivity contribution in [2.75, 3.05) is 6.54 Å². The van der Waals surface area contributed by atoms with Crippen molar-refractivity contribution in [3.63, 3.8) is 0 Å². The summed E-state index contributed by atoms with van der Waals surface area (Å²) in [5.41, 5.74) is 3.83. The molecule has 0 aliphatic rings. The second kappa shape index (κ2) is 9.12. The highest BCUT2D eigenvalue weighted by Crippen LogP contribution is 2.05. The fourth-order valence-corrected chi connectivity index (χ4v) is 1.91. The van der Waals surface area contributed by atoms with Gasteiger partial charge >= 0.3 is 0 Å². The molecule has 0 bridgehead atoms. The number of allylic oxidation sites excluding steroid dienone is 1. The minimum absolute atomic E-state index is 0.110. The molecule has 0 radical (unpaired) electrons. The van der Waals surface area contributed by atoms with Crippen LogP contribution in [0.4, 0.5) is 4.39 Å². The number of hydrogen-bond donors (Lipinski definition) is 2. The van der Waals surface area contributed by atoms with Crippen molar-refractivity contribution in [2.45, 2.75) is 6.92 Å². The van der Waals surface area contributed by atoms with Gasteiger partial charge < -0.3 is 5.32 Å². The fourth-order valence-electron chi connectivity index (χ4n) is 1.91. The molecule has 0 heterocycles. The maximum Gasteiger partial charge on any atom is 0.259 e. The number of hydrazone groups is 1. The summed E-state index contributed by atoms with van der Waals surface area (Å²) < 4.78 is 13.5. The molecule has 2 aromatic rings. The summed E-state index contributed by atoms with van der Waals surface area (Å²) in [7, 11) is 0. The molecule has 2 rings (SSSR count). The molecule has 0 unspecified atom stereocenters. The Bertz CT molecular complexity index is 801. The van der Waals surface area contributed by atoms with Crippen LogP contribution in [0.5, 0.6) is 0 Å². The van der Waals surface area contributed by atoms with E-state index in [4.69, 9.17) is 0 Å². The molecule has 128 valence electrons. The molecule has 25 heavy (non-hydrogen) atoms. The second-order valence-electron chi connectivity index (χ2n) is 5.19. The van der Waals surface area contributed by atoms with Crippen LogP contribution in [-0.2, 0) is 4.79 Å². The number of nitrogens with one attached hydrogen (secondary N) is 2. The number of amides is 2. The van der Waals surface area contributed by atoms with Gasteiger partial charge in [0.1, 0.15) is 5.82 Å². The summed E-state index contributed by atoms with van der Waals surface area (Å²) in [5, 5.41) is 6.26. The second-order valence-corrected chi connectivity index (χ2v) is 5.19. The lowest BCUT2D eigenvalue weighted by Crippen LogP contribution is -2.35. The molecule has 2 aromatic carbocycles. The Morgan fingerprint density at radius 1 is 1.08 bits per heavy atom. The molecule has 0 spiro atoms. The first-order valence-electron chi connectivity index (χ1n) is 7.65. The van der Waals surface area contributed by atoms with Crippen LogP contribution in [-0.4, -0.2) is 24.1 Å². The number of rotatable bonds is 6. The highest BCUT2D eigenvalue weighted by atomic mass is 19.1. The van der Waals surface area contributed by atoms with E-state index in [-0.39, 0.29) is 12.1 Å². The van der Waals surface area contributed by atoms with Crippen LogP contribution in [0.1, 0.15) is 22.8 Å². The zero-order valence-electron chi connectivity index (χ0n) is 13.7. The van der Waals surface area contributed by atoms with Gasteiger partial charge in [-0.2, -0.15) is 5.10 Å². The Balaban J connectivity index is 1.81. The van der Waals surface area contributed by atoms with Crippen LogP contribution in [0.3, 0.4) is 0 Å². The molecule has 0 atom stereocenters. The van der Waals surface area contributed by atoms with Gasteiger partial charge in [0.2, 0.25) is 0 Å². The number of halogens is 1. The van der Waals surface area contributed by atoms with E-state index in [1.54, 1.807) is 19.1 Å². The first-order chi connectivity index (χ1) is 12.1. The number of benzene rings is 2. The van der Waals surface area contributed by atoms with Gasteiger partial charge in [0.15, 0.2) is 0 Å². The minimum atomic E-state index is -0.655. The smallest absolute Gasteiger partial charge is 0.259 e. The van der Waals surface area contributed by atoms with Gasteiger partial charge in [-0.15, -0.1) is 0 Å². The summed E-state index contributed by atoms with van der Waals surface area (Å²) >= 11 is 0. The maximum absolute atomic E-state index is 13.5. The predicted molar refractivity (Wildman–Crippen MR) is 95.5 cm³/mol. The number of hydrogen-bond acceptors (Lipinski definition) is 3. The molecule has 0 aromatic heterocycles. The summed E-state index contributed by atoms with van der Waals surface area (Å²) in [4.78, 5) is 23.5. The van der Waals surface area contributed by atoms with Gasteiger partial charge in [0.05, 0.1) is 17.8 Å². The van der Waals surface area contributed by atoms with Crippen molar-refractivity contribution in [2.24, 2.45) is 5.10 Å². The van der Waals surface area contributed by atoms with Gasteiger partial charge in [-0.25, -0.2) is 9.82 Å². The molecule has 6 heteroatoms. The van der Waals surface area contributed by atoms with Crippen LogP contribution in [0.25, 0.3) is 6.08 Å². The first-order valence-corrected chi connectivity index (χ1v) is 7.65. The Morgan fingerprint density at radius 3 is 2.48 bits per heavy atom. The van der Waals surface area contributed by atoms with E-state index >= 15 is 0 Å². The van der Waals surface area contributed by atoms with Crippen molar-refractivity contribution in [3.8, 4) is 0 Å². The topological polar surface area (TPSA) is 70.6 Å². The Kier molecular flexibility index (Phi) is 6.59. The molecule has 2 amide bonds. The van der Waals surface area contributed by atoms with Crippen molar-refractivity contribution in [1.82, 2.24) is 10.7 Å². The molecular formula is C19H18FN3O2.